The lowest BCUT2D eigenvalue weighted by molar-refractivity contribution is 0.117. The Morgan fingerprint density at radius 1 is 0.893 bits per heavy atom. The summed E-state index contributed by atoms with van der Waals surface area (Å²) in [6.07, 6.45) is 12.3. The summed E-state index contributed by atoms with van der Waals surface area (Å²) >= 11 is 0. The molecule has 1 aliphatic rings. The fourth-order valence-corrected chi connectivity index (χ4v) is 4.35. The lowest BCUT2D eigenvalue weighted by atomic mass is 9.77. The third kappa shape index (κ3) is 6.07. The summed E-state index contributed by atoms with van der Waals surface area (Å²) in [6.45, 7) is 7.70. The molecule has 0 amide bonds. The van der Waals surface area contributed by atoms with Crippen molar-refractivity contribution < 1.29 is 4.74 Å². The highest BCUT2D eigenvalue weighted by atomic mass is 16.5. The van der Waals surface area contributed by atoms with Crippen LogP contribution in [0.25, 0.3) is 11.1 Å². The molecule has 0 bridgehead atoms. The Morgan fingerprint density at radius 3 is 2.14 bits per heavy atom. The maximum atomic E-state index is 5.77. The SMILES string of the molecule is C=CC[C@H]1CC[C@H](c2ccc(-c3ccc(COCCCCC)cc3)cc2)CC1. The Bertz CT molecular complexity index is 690. The van der Waals surface area contributed by atoms with Crippen molar-refractivity contribution >= 4 is 0 Å². The number of unbranched alkanes of at least 4 members (excludes halogenated alkanes) is 2. The van der Waals surface area contributed by atoms with Crippen molar-refractivity contribution in [3.05, 3.63) is 72.3 Å². The van der Waals surface area contributed by atoms with Gasteiger partial charge >= 0.3 is 0 Å². The molecule has 1 heteroatoms. The summed E-state index contributed by atoms with van der Waals surface area (Å²) in [4.78, 5) is 0. The molecule has 0 aromatic heterocycles. The summed E-state index contributed by atoms with van der Waals surface area (Å²) in [5.74, 6) is 1.60. The maximum Gasteiger partial charge on any atom is 0.0716 e. The number of ether oxygens (including phenoxy) is 1. The van der Waals surface area contributed by atoms with Gasteiger partial charge in [0.05, 0.1) is 6.61 Å². The zero-order chi connectivity index (χ0) is 19.6. The monoisotopic (exact) mass is 376 g/mol. The van der Waals surface area contributed by atoms with Gasteiger partial charge in [0.25, 0.3) is 0 Å². The average Bonchev–Trinajstić information content (AvgIpc) is 2.75. The molecule has 0 aliphatic heterocycles. The van der Waals surface area contributed by atoms with Crippen molar-refractivity contribution in [2.24, 2.45) is 5.92 Å². The van der Waals surface area contributed by atoms with Crippen LogP contribution in [0.15, 0.2) is 61.2 Å². The van der Waals surface area contributed by atoms with Crippen molar-refractivity contribution in [1.82, 2.24) is 0 Å². The van der Waals surface area contributed by atoms with Crippen LogP contribution in [0.3, 0.4) is 0 Å². The highest BCUT2D eigenvalue weighted by molar-refractivity contribution is 5.64. The number of benzene rings is 2. The van der Waals surface area contributed by atoms with E-state index in [-0.39, 0.29) is 0 Å². The quantitative estimate of drug-likeness (QED) is 0.302. The predicted molar refractivity (Wildman–Crippen MR) is 121 cm³/mol. The molecule has 0 spiro atoms. The van der Waals surface area contributed by atoms with E-state index in [1.54, 1.807) is 0 Å². The first kappa shape index (κ1) is 20.9. The van der Waals surface area contributed by atoms with E-state index in [1.807, 2.05) is 0 Å². The van der Waals surface area contributed by atoms with Gasteiger partial charge in [0.1, 0.15) is 0 Å². The van der Waals surface area contributed by atoms with Gasteiger partial charge < -0.3 is 4.74 Å². The zero-order valence-corrected chi connectivity index (χ0v) is 17.5. The fourth-order valence-electron chi connectivity index (χ4n) is 4.35. The van der Waals surface area contributed by atoms with Gasteiger partial charge in [-0.05, 0) is 72.6 Å². The second-order valence-corrected chi connectivity index (χ2v) is 8.32. The molecular weight excluding hydrogens is 340 g/mol. The molecule has 0 unspecified atom stereocenters. The molecule has 1 fully saturated rings. The summed E-state index contributed by atoms with van der Waals surface area (Å²) in [7, 11) is 0. The second kappa shape index (κ2) is 11.2. The molecule has 150 valence electrons. The predicted octanol–water partition coefficient (Wildman–Crippen LogP) is 7.91. The summed E-state index contributed by atoms with van der Waals surface area (Å²) in [6, 6.07) is 18.1. The summed E-state index contributed by atoms with van der Waals surface area (Å²) in [5.41, 5.74) is 5.36. The van der Waals surface area contributed by atoms with E-state index in [0.29, 0.717) is 0 Å². The molecule has 1 saturated carbocycles. The second-order valence-electron chi connectivity index (χ2n) is 8.32. The first-order valence-corrected chi connectivity index (χ1v) is 11.2. The highest BCUT2D eigenvalue weighted by Gasteiger charge is 2.21. The molecule has 0 saturated heterocycles. The Kier molecular flexibility index (Phi) is 8.36. The van der Waals surface area contributed by atoms with Gasteiger partial charge in [0.15, 0.2) is 0 Å². The molecule has 0 atom stereocenters. The summed E-state index contributed by atoms with van der Waals surface area (Å²) in [5, 5.41) is 0. The van der Waals surface area contributed by atoms with Crippen LogP contribution in [0.1, 0.15) is 75.3 Å². The minimum absolute atomic E-state index is 0.720. The largest absolute Gasteiger partial charge is 0.377 e. The lowest BCUT2D eigenvalue weighted by Crippen LogP contribution is -2.12. The first-order chi connectivity index (χ1) is 13.8. The van der Waals surface area contributed by atoms with Crippen LogP contribution in [0.2, 0.25) is 0 Å². The van der Waals surface area contributed by atoms with E-state index in [0.717, 1.165) is 31.5 Å². The number of hydrogen-bond donors (Lipinski definition) is 0. The smallest absolute Gasteiger partial charge is 0.0716 e. The molecule has 1 aliphatic carbocycles. The van der Waals surface area contributed by atoms with Crippen LogP contribution in [-0.2, 0) is 11.3 Å². The van der Waals surface area contributed by atoms with Gasteiger partial charge in [-0.3, -0.25) is 0 Å². The number of rotatable bonds is 10. The molecule has 0 radical (unpaired) electrons. The van der Waals surface area contributed by atoms with Crippen LogP contribution in [0.4, 0.5) is 0 Å². The van der Waals surface area contributed by atoms with Crippen molar-refractivity contribution in [3.8, 4) is 11.1 Å². The average molecular weight is 377 g/mol. The molecule has 28 heavy (non-hydrogen) atoms. The fraction of sp³-hybridized carbons (Fsp3) is 0.481. The Balaban J connectivity index is 1.51. The van der Waals surface area contributed by atoms with Crippen LogP contribution in [-0.4, -0.2) is 6.61 Å². The zero-order valence-electron chi connectivity index (χ0n) is 17.5. The Morgan fingerprint density at radius 2 is 1.54 bits per heavy atom. The highest BCUT2D eigenvalue weighted by Crippen LogP contribution is 2.37. The molecular formula is C27H36O. The van der Waals surface area contributed by atoms with Gasteiger partial charge in [-0.1, -0.05) is 74.4 Å². The molecule has 0 heterocycles. The van der Waals surface area contributed by atoms with E-state index in [2.05, 4.69) is 68.1 Å². The third-order valence-corrected chi connectivity index (χ3v) is 6.18. The van der Waals surface area contributed by atoms with Crippen LogP contribution < -0.4 is 0 Å². The molecule has 0 N–H and O–H groups in total. The van der Waals surface area contributed by atoms with E-state index in [1.165, 1.54) is 67.2 Å². The number of allylic oxidation sites excluding steroid dienone is 1. The van der Waals surface area contributed by atoms with E-state index < -0.39 is 0 Å². The third-order valence-electron chi connectivity index (χ3n) is 6.18. The van der Waals surface area contributed by atoms with Crippen LogP contribution in [0.5, 0.6) is 0 Å². The van der Waals surface area contributed by atoms with E-state index in [4.69, 9.17) is 4.74 Å². The van der Waals surface area contributed by atoms with Gasteiger partial charge in [-0.15, -0.1) is 6.58 Å². The van der Waals surface area contributed by atoms with Gasteiger partial charge in [-0.2, -0.15) is 0 Å². The molecule has 2 aromatic carbocycles. The van der Waals surface area contributed by atoms with Crippen molar-refractivity contribution in [2.75, 3.05) is 6.61 Å². The van der Waals surface area contributed by atoms with Crippen LogP contribution >= 0.6 is 0 Å². The van der Waals surface area contributed by atoms with Crippen molar-refractivity contribution in [2.45, 2.75) is 70.8 Å². The van der Waals surface area contributed by atoms with E-state index in [9.17, 15) is 0 Å². The lowest BCUT2D eigenvalue weighted by Gasteiger charge is -2.28. The number of hydrogen-bond acceptors (Lipinski definition) is 1. The topological polar surface area (TPSA) is 9.23 Å². The first-order valence-electron chi connectivity index (χ1n) is 11.2. The summed E-state index contributed by atoms with van der Waals surface area (Å²) < 4.78 is 5.77. The van der Waals surface area contributed by atoms with E-state index >= 15 is 0 Å². The Hall–Kier alpha value is -1.86. The van der Waals surface area contributed by atoms with Gasteiger partial charge in [-0.25, -0.2) is 0 Å². The normalized spacial score (nSPS) is 19.5. The van der Waals surface area contributed by atoms with Crippen molar-refractivity contribution in [1.29, 1.82) is 0 Å². The molecule has 3 rings (SSSR count). The van der Waals surface area contributed by atoms with Crippen molar-refractivity contribution in [3.63, 3.8) is 0 Å². The maximum absolute atomic E-state index is 5.77. The van der Waals surface area contributed by atoms with Gasteiger partial charge in [0, 0.05) is 6.61 Å². The molecule has 2 aromatic rings. The van der Waals surface area contributed by atoms with Gasteiger partial charge in [0.2, 0.25) is 0 Å². The molecule has 1 nitrogen and oxygen atoms in total. The minimum atomic E-state index is 0.720. The Labute approximate surface area is 171 Å². The standard InChI is InChI=1S/C27H36O/c1-3-5-6-20-28-21-23-10-14-25(15-11-23)27-18-16-26(17-19-27)24-12-8-22(7-4-2)9-13-24/h4,10-11,14-19,22,24H,2-3,5-9,12-13,20-21H2,1H3/t22-,24-. The van der Waals surface area contributed by atoms with Crippen LogP contribution in [0, 0.1) is 5.92 Å². The minimum Gasteiger partial charge on any atom is -0.377 e.